The average molecular weight is 337 g/mol. The standard InChI is InChI=1S/C21H23NO3/c1-24-20-15-17(10-12-21(23)22-13-5-6-14-22)9-11-19(20)25-16-18-7-3-2-4-8-18/h2-4,7-12,15H,5-6,13-14,16H2,1H3/b12-10+. The maximum Gasteiger partial charge on any atom is 0.246 e. The molecule has 0 spiro atoms. The van der Waals surface area contributed by atoms with E-state index in [1.54, 1.807) is 13.2 Å². The van der Waals surface area contributed by atoms with Crippen LogP contribution in [0.4, 0.5) is 0 Å². The topological polar surface area (TPSA) is 38.8 Å². The number of methoxy groups -OCH3 is 1. The fraction of sp³-hybridized carbons (Fsp3) is 0.286. The zero-order chi connectivity index (χ0) is 17.5. The van der Waals surface area contributed by atoms with E-state index in [1.165, 1.54) is 0 Å². The Balaban J connectivity index is 1.65. The summed E-state index contributed by atoms with van der Waals surface area (Å²) in [5.74, 6) is 1.42. The van der Waals surface area contributed by atoms with E-state index in [1.807, 2.05) is 59.5 Å². The molecule has 1 aliphatic rings. The Morgan fingerprint density at radius 3 is 2.56 bits per heavy atom. The summed E-state index contributed by atoms with van der Waals surface area (Å²) in [5, 5.41) is 0. The van der Waals surface area contributed by atoms with Crippen LogP contribution in [0.25, 0.3) is 6.08 Å². The molecule has 4 nitrogen and oxygen atoms in total. The van der Waals surface area contributed by atoms with Crippen molar-refractivity contribution in [1.82, 2.24) is 4.90 Å². The van der Waals surface area contributed by atoms with Gasteiger partial charge in [-0.1, -0.05) is 36.4 Å². The molecule has 1 fully saturated rings. The van der Waals surface area contributed by atoms with Gasteiger partial charge in [0.2, 0.25) is 5.91 Å². The predicted octanol–water partition coefficient (Wildman–Crippen LogP) is 3.91. The Kier molecular flexibility index (Phi) is 5.73. The second-order valence-electron chi connectivity index (χ2n) is 6.05. The first-order chi connectivity index (χ1) is 12.3. The van der Waals surface area contributed by atoms with Crippen molar-refractivity contribution in [3.63, 3.8) is 0 Å². The minimum absolute atomic E-state index is 0.0703. The third kappa shape index (κ3) is 4.63. The molecule has 0 N–H and O–H groups in total. The van der Waals surface area contributed by atoms with E-state index in [9.17, 15) is 4.79 Å². The molecule has 0 aromatic heterocycles. The van der Waals surface area contributed by atoms with Crippen molar-refractivity contribution in [2.24, 2.45) is 0 Å². The first-order valence-corrected chi connectivity index (χ1v) is 8.58. The monoisotopic (exact) mass is 337 g/mol. The van der Waals surface area contributed by atoms with Crippen molar-refractivity contribution in [2.45, 2.75) is 19.4 Å². The fourth-order valence-corrected chi connectivity index (χ4v) is 2.85. The lowest BCUT2D eigenvalue weighted by molar-refractivity contribution is -0.124. The molecule has 25 heavy (non-hydrogen) atoms. The van der Waals surface area contributed by atoms with Gasteiger partial charge in [0, 0.05) is 19.2 Å². The first-order valence-electron chi connectivity index (χ1n) is 8.58. The van der Waals surface area contributed by atoms with Crippen LogP contribution in [-0.4, -0.2) is 31.0 Å². The maximum absolute atomic E-state index is 12.1. The van der Waals surface area contributed by atoms with Gasteiger partial charge in [-0.25, -0.2) is 0 Å². The molecule has 1 saturated heterocycles. The van der Waals surface area contributed by atoms with E-state index in [2.05, 4.69) is 0 Å². The number of carbonyl (C=O) groups excluding carboxylic acids is 1. The second-order valence-corrected chi connectivity index (χ2v) is 6.05. The predicted molar refractivity (Wildman–Crippen MR) is 98.6 cm³/mol. The molecule has 1 amide bonds. The van der Waals surface area contributed by atoms with E-state index in [-0.39, 0.29) is 5.91 Å². The smallest absolute Gasteiger partial charge is 0.246 e. The lowest BCUT2D eigenvalue weighted by Crippen LogP contribution is -2.25. The molecule has 3 rings (SSSR count). The highest BCUT2D eigenvalue weighted by Crippen LogP contribution is 2.29. The van der Waals surface area contributed by atoms with Gasteiger partial charge in [-0.05, 0) is 42.2 Å². The van der Waals surface area contributed by atoms with E-state index in [0.717, 1.165) is 37.1 Å². The third-order valence-corrected chi connectivity index (χ3v) is 4.26. The summed E-state index contributed by atoms with van der Waals surface area (Å²) >= 11 is 0. The molecular formula is C21H23NO3. The van der Waals surface area contributed by atoms with Gasteiger partial charge in [0.25, 0.3) is 0 Å². The molecule has 2 aromatic rings. The van der Waals surface area contributed by atoms with Gasteiger partial charge in [-0.15, -0.1) is 0 Å². The summed E-state index contributed by atoms with van der Waals surface area (Å²) < 4.78 is 11.3. The Morgan fingerprint density at radius 1 is 1.08 bits per heavy atom. The molecule has 0 atom stereocenters. The van der Waals surface area contributed by atoms with Gasteiger partial charge in [-0.3, -0.25) is 4.79 Å². The number of hydrogen-bond donors (Lipinski definition) is 0. The molecule has 4 heteroatoms. The second kappa shape index (κ2) is 8.38. The lowest BCUT2D eigenvalue weighted by atomic mass is 10.2. The number of hydrogen-bond acceptors (Lipinski definition) is 3. The van der Waals surface area contributed by atoms with Crippen molar-refractivity contribution in [2.75, 3.05) is 20.2 Å². The normalized spacial score (nSPS) is 14.0. The molecule has 2 aromatic carbocycles. The SMILES string of the molecule is COc1cc(/C=C/C(=O)N2CCCC2)ccc1OCc1ccccc1. The quantitative estimate of drug-likeness (QED) is 0.750. The molecule has 0 aliphatic carbocycles. The highest BCUT2D eigenvalue weighted by molar-refractivity contribution is 5.92. The van der Waals surface area contributed by atoms with Crippen molar-refractivity contribution in [3.8, 4) is 11.5 Å². The van der Waals surface area contributed by atoms with Gasteiger partial charge in [0.15, 0.2) is 11.5 Å². The molecule has 130 valence electrons. The van der Waals surface area contributed by atoms with Crippen LogP contribution in [0.3, 0.4) is 0 Å². The van der Waals surface area contributed by atoms with Crippen LogP contribution < -0.4 is 9.47 Å². The zero-order valence-electron chi connectivity index (χ0n) is 14.5. The minimum atomic E-state index is 0.0703. The van der Waals surface area contributed by atoms with Gasteiger partial charge in [-0.2, -0.15) is 0 Å². The largest absolute Gasteiger partial charge is 0.493 e. The average Bonchev–Trinajstić information content (AvgIpc) is 3.20. The Morgan fingerprint density at radius 2 is 1.84 bits per heavy atom. The zero-order valence-corrected chi connectivity index (χ0v) is 14.5. The van der Waals surface area contributed by atoms with E-state index in [0.29, 0.717) is 18.1 Å². The van der Waals surface area contributed by atoms with Crippen LogP contribution >= 0.6 is 0 Å². The van der Waals surface area contributed by atoms with Gasteiger partial charge in [0.05, 0.1) is 7.11 Å². The Labute approximate surface area is 148 Å². The Hall–Kier alpha value is -2.75. The van der Waals surface area contributed by atoms with Crippen molar-refractivity contribution < 1.29 is 14.3 Å². The number of ether oxygens (including phenoxy) is 2. The van der Waals surface area contributed by atoms with Crippen LogP contribution in [0.15, 0.2) is 54.6 Å². The lowest BCUT2D eigenvalue weighted by Gasteiger charge is -2.12. The number of amides is 1. The summed E-state index contributed by atoms with van der Waals surface area (Å²) in [7, 11) is 1.62. The van der Waals surface area contributed by atoms with Crippen LogP contribution in [0.5, 0.6) is 11.5 Å². The number of likely N-dealkylation sites (tertiary alicyclic amines) is 1. The van der Waals surface area contributed by atoms with Gasteiger partial charge < -0.3 is 14.4 Å². The van der Waals surface area contributed by atoms with Gasteiger partial charge >= 0.3 is 0 Å². The minimum Gasteiger partial charge on any atom is -0.493 e. The van der Waals surface area contributed by atoms with E-state index in [4.69, 9.17) is 9.47 Å². The summed E-state index contributed by atoms with van der Waals surface area (Å²) in [6, 6.07) is 15.7. The van der Waals surface area contributed by atoms with Crippen LogP contribution in [0, 0.1) is 0 Å². The third-order valence-electron chi connectivity index (χ3n) is 4.26. The number of benzene rings is 2. The molecule has 0 bridgehead atoms. The summed E-state index contributed by atoms with van der Waals surface area (Å²) in [4.78, 5) is 14.0. The Bertz CT molecular complexity index is 734. The summed E-state index contributed by atoms with van der Waals surface area (Å²) in [5.41, 5.74) is 2.01. The molecule has 0 radical (unpaired) electrons. The summed E-state index contributed by atoms with van der Waals surface area (Å²) in [6.45, 7) is 2.21. The van der Waals surface area contributed by atoms with Crippen LogP contribution in [-0.2, 0) is 11.4 Å². The number of rotatable bonds is 6. The highest BCUT2D eigenvalue weighted by Gasteiger charge is 2.15. The molecule has 0 saturated carbocycles. The summed E-state index contributed by atoms with van der Waals surface area (Å²) in [6.07, 6.45) is 5.65. The number of carbonyl (C=O) groups is 1. The van der Waals surface area contributed by atoms with Gasteiger partial charge in [0.1, 0.15) is 6.61 Å². The molecule has 1 aliphatic heterocycles. The van der Waals surface area contributed by atoms with Crippen molar-refractivity contribution >= 4 is 12.0 Å². The van der Waals surface area contributed by atoms with E-state index < -0.39 is 0 Å². The molecular weight excluding hydrogens is 314 g/mol. The van der Waals surface area contributed by atoms with Crippen molar-refractivity contribution in [3.05, 3.63) is 65.7 Å². The number of nitrogens with zero attached hydrogens (tertiary/aromatic N) is 1. The maximum atomic E-state index is 12.1. The fourth-order valence-electron chi connectivity index (χ4n) is 2.85. The first kappa shape index (κ1) is 17.1. The van der Waals surface area contributed by atoms with Crippen LogP contribution in [0.2, 0.25) is 0 Å². The molecule has 1 heterocycles. The van der Waals surface area contributed by atoms with Crippen LogP contribution in [0.1, 0.15) is 24.0 Å². The van der Waals surface area contributed by atoms with Crippen molar-refractivity contribution in [1.29, 1.82) is 0 Å². The highest BCUT2D eigenvalue weighted by atomic mass is 16.5. The molecule has 0 unspecified atom stereocenters. The van der Waals surface area contributed by atoms with E-state index >= 15 is 0 Å².